The summed E-state index contributed by atoms with van der Waals surface area (Å²) in [5.41, 5.74) is -0.667. The molecule has 0 aliphatic rings. The van der Waals surface area contributed by atoms with Crippen molar-refractivity contribution in [3.63, 3.8) is 0 Å². The Morgan fingerprint density at radius 3 is 2.17 bits per heavy atom. The minimum absolute atomic E-state index is 0.0678. The summed E-state index contributed by atoms with van der Waals surface area (Å²) in [4.78, 5) is 12.4. The molecule has 0 amide bonds. The first-order chi connectivity index (χ1) is 13.5. The van der Waals surface area contributed by atoms with E-state index in [1.54, 1.807) is 13.8 Å². The topological polar surface area (TPSA) is 66.5 Å². The first-order valence-electron chi connectivity index (χ1n) is 8.74. The van der Waals surface area contributed by atoms with Crippen LogP contribution in [-0.2, 0) is 16.2 Å². The number of nitrogens with one attached hydrogen (secondary N) is 1. The number of nitrogens with zero attached hydrogens (tertiary/aromatic N) is 1. The third-order valence-electron chi connectivity index (χ3n) is 4.24. The molecule has 2 aromatic carbocycles. The standard InChI is InChI=1S/C19H20ClF3N2O3S/c1-3-25(4-2)29(27,28)15-8-5-13(6-9-15)18(26)12-24-14-7-10-17(20)16(11-14)19(21,22)23/h5-11,24H,3-4,12H2,1-2H3. The van der Waals surface area contributed by atoms with Crippen molar-refractivity contribution in [3.05, 3.63) is 58.6 Å². The van der Waals surface area contributed by atoms with E-state index in [0.717, 1.165) is 12.1 Å². The van der Waals surface area contributed by atoms with Crippen molar-refractivity contribution < 1.29 is 26.4 Å². The summed E-state index contributed by atoms with van der Waals surface area (Å²) in [5.74, 6) is -0.403. The second kappa shape index (κ2) is 9.15. The predicted molar refractivity (Wildman–Crippen MR) is 106 cm³/mol. The SMILES string of the molecule is CCN(CC)S(=O)(=O)c1ccc(C(=O)CNc2ccc(Cl)c(C(F)(F)F)c2)cc1. The second-order valence-electron chi connectivity index (χ2n) is 6.08. The zero-order valence-corrected chi connectivity index (χ0v) is 17.3. The average Bonchev–Trinajstić information content (AvgIpc) is 2.67. The molecular formula is C19H20ClF3N2O3S. The molecule has 0 aliphatic heterocycles. The summed E-state index contributed by atoms with van der Waals surface area (Å²) in [6, 6.07) is 8.70. The Bertz CT molecular complexity index is 973. The Kier molecular flexibility index (Phi) is 7.31. The maximum absolute atomic E-state index is 12.9. The third-order valence-corrected chi connectivity index (χ3v) is 6.64. The predicted octanol–water partition coefficient (Wildman–Crippen LogP) is 4.68. The van der Waals surface area contributed by atoms with Crippen LogP contribution in [0.4, 0.5) is 18.9 Å². The van der Waals surface area contributed by atoms with Crippen molar-refractivity contribution in [2.24, 2.45) is 0 Å². The number of alkyl halides is 3. The minimum Gasteiger partial charge on any atom is -0.378 e. The molecule has 158 valence electrons. The lowest BCUT2D eigenvalue weighted by molar-refractivity contribution is -0.137. The summed E-state index contributed by atoms with van der Waals surface area (Å²) < 4.78 is 64.9. The fraction of sp³-hybridized carbons (Fsp3) is 0.316. The molecule has 0 aromatic heterocycles. The Morgan fingerprint density at radius 1 is 1.07 bits per heavy atom. The summed E-state index contributed by atoms with van der Waals surface area (Å²) >= 11 is 5.57. The molecule has 1 N–H and O–H groups in total. The highest BCUT2D eigenvalue weighted by Gasteiger charge is 2.33. The number of benzene rings is 2. The largest absolute Gasteiger partial charge is 0.417 e. The van der Waals surface area contributed by atoms with Crippen LogP contribution in [0.25, 0.3) is 0 Å². The Hall–Kier alpha value is -2.10. The monoisotopic (exact) mass is 448 g/mol. The van der Waals surface area contributed by atoms with Gasteiger partial charge in [0, 0.05) is 24.3 Å². The van der Waals surface area contributed by atoms with Gasteiger partial charge in [0.05, 0.1) is 22.0 Å². The van der Waals surface area contributed by atoms with Crippen molar-refractivity contribution in [3.8, 4) is 0 Å². The number of carbonyl (C=O) groups excluding carboxylic acids is 1. The van der Waals surface area contributed by atoms with E-state index in [2.05, 4.69) is 5.32 Å². The van der Waals surface area contributed by atoms with Gasteiger partial charge in [0.1, 0.15) is 0 Å². The van der Waals surface area contributed by atoms with Crippen LogP contribution in [0.1, 0.15) is 29.8 Å². The van der Waals surface area contributed by atoms with Crippen LogP contribution in [0.5, 0.6) is 0 Å². The van der Waals surface area contributed by atoms with Gasteiger partial charge < -0.3 is 5.32 Å². The number of rotatable bonds is 8. The molecule has 2 aromatic rings. The molecule has 0 unspecified atom stereocenters. The first-order valence-corrected chi connectivity index (χ1v) is 10.6. The third kappa shape index (κ3) is 5.49. The van der Waals surface area contributed by atoms with E-state index < -0.39 is 32.6 Å². The summed E-state index contributed by atoms with van der Waals surface area (Å²) in [6.07, 6.45) is -4.61. The van der Waals surface area contributed by atoms with E-state index >= 15 is 0 Å². The average molecular weight is 449 g/mol. The van der Waals surface area contributed by atoms with Crippen LogP contribution in [0, 0.1) is 0 Å². The van der Waals surface area contributed by atoms with Gasteiger partial charge in [-0.25, -0.2) is 8.42 Å². The van der Waals surface area contributed by atoms with Crippen LogP contribution >= 0.6 is 11.6 Å². The Balaban J connectivity index is 2.11. The summed E-state index contributed by atoms with van der Waals surface area (Å²) in [7, 11) is -3.63. The van der Waals surface area contributed by atoms with Crippen LogP contribution in [0.15, 0.2) is 47.4 Å². The van der Waals surface area contributed by atoms with Gasteiger partial charge in [-0.3, -0.25) is 4.79 Å². The smallest absolute Gasteiger partial charge is 0.378 e. The molecule has 29 heavy (non-hydrogen) atoms. The van der Waals surface area contributed by atoms with Gasteiger partial charge in [-0.1, -0.05) is 25.4 Å². The van der Waals surface area contributed by atoms with Crippen molar-refractivity contribution >= 4 is 33.1 Å². The van der Waals surface area contributed by atoms with Crippen LogP contribution < -0.4 is 5.32 Å². The van der Waals surface area contributed by atoms with E-state index in [4.69, 9.17) is 11.6 Å². The molecule has 2 rings (SSSR count). The maximum atomic E-state index is 12.9. The molecule has 0 atom stereocenters. The number of halogens is 4. The lowest BCUT2D eigenvalue weighted by Gasteiger charge is -2.18. The summed E-state index contributed by atoms with van der Waals surface area (Å²) in [6.45, 7) is 3.84. The molecular weight excluding hydrogens is 429 g/mol. The van der Waals surface area contributed by atoms with E-state index in [0.29, 0.717) is 13.1 Å². The molecule has 0 saturated heterocycles. The maximum Gasteiger partial charge on any atom is 0.417 e. The highest BCUT2D eigenvalue weighted by Crippen LogP contribution is 2.36. The number of hydrogen-bond donors (Lipinski definition) is 1. The van der Waals surface area contributed by atoms with Crippen LogP contribution in [0.2, 0.25) is 5.02 Å². The first kappa shape index (κ1) is 23.2. The highest BCUT2D eigenvalue weighted by molar-refractivity contribution is 7.89. The van der Waals surface area contributed by atoms with Gasteiger partial charge in [0.25, 0.3) is 0 Å². The molecule has 0 radical (unpaired) electrons. The van der Waals surface area contributed by atoms with E-state index in [1.807, 2.05) is 0 Å². The minimum atomic E-state index is -4.61. The lowest BCUT2D eigenvalue weighted by atomic mass is 10.1. The van der Waals surface area contributed by atoms with Crippen molar-refractivity contribution in [2.45, 2.75) is 24.9 Å². The molecule has 0 aliphatic carbocycles. The van der Waals surface area contributed by atoms with E-state index in [1.165, 1.54) is 34.6 Å². The fourth-order valence-electron chi connectivity index (χ4n) is 2.66. The second-order valence-corrected chi connectivity index (χ2v) is 8.43. The highest BCUT2D eigenvalue weighted by atomic mass is 35.5. The van der Waals surface area contributed by atoms with Crippen molar-refractivity contribution in [2.75, 3.05) is 25.0 Å². The van der Waals surface area contributed by atoms with Gasteiger partial charge >= 0.3 is 6.18 Å². The number of carbonyl (C=O) groups is 1. The molecule has 0 bridgehead atoms. The molecule has 0 spiro atoms. The van der Waals surface area contributed by atoms with Crippen molar-refractivity contribution in [1.29, 1.82) is 0 Å². The molecule has 0 saturated carbocycles. The molecule has 5 nitrogen and oxygen atoms in total. The van der Waals surface area contributed by atoms with Gasteiger partial charge in [-0.05, 0) is 42.5 Å². The number of Topliss-reactive ketones (excluding diaryl/α,β-unsaturated/α-hetero) is 1. The Morgan fingerprint density at radius 2 is 1.66 bits per heavy atom. The number of hydrogen-bond acceptors (Lipinski definition) is 4. The number of sulfonamides is 1. The van der Waals surface area contributed by atoms with Gasteiger partial charge in [0.15, 0.2) is 5.78 Å². The lowest BCUT2D eigenvalue weighted by Crippen LogP contribution is -2.30. The quantitative estimate of drug-likeness (QED) is 0.595. The van der Waals surface area contributed by atoms with E-state index in [-0.39, 0.29) is 22.7 Å². The van der Waals surface area contributed by atoms with Gasteiger partial charge in [0.2, 0.25) is 10.0 Å². The Labute approximate surface area is 172 Å². The normalized spacial score (nSPS) is 12.2. The molecule has 0 fully saturated rings. The number of ketones is 1. The molecule has 10 heteroatoms. The zero-order valence-electron chi connectivity index (χ0n) is 15.8. The van der Waals surface area contributed by atoms with Gasteiger partial charge in [-0.15, -0.1) is 0 Å². The van der Waals surface area contributed by atoms with Crippen LogP contribution in [-0.4, -0.2) is 38.1 Å². The molecule has 0 heterocycles. The number of anilines is 1. The van der Waals surface area contributed by atoms with Crippen molar-refractivity contribution in [1.82, 2.24) is 4.31 Å². The van der Waals surface area contributed by atoms with E-state index in [9.17, 15) is 26.4 Å². The van der Waals surface area contributed by atoms with Gasteiger partial charge in [-0.2, -0.15) is 17.5 Å². The fourth-order valence-corrected chi connectivity index (χ4v) is 4.34. The van der Waals surface area contributed by atoms with Crippen LogP contribution in [0.3, 0.4) is 0 Å². The summed E-state index contributed by atoms with van der Waals surface area (Å²) in [5, 5.41) is 2.20. The zero-order chi connectivity index (χ0) is 21.8.